The smallest absolute Gasteiger partial charge is 0.277 e. The predicted octanol–water partition coefficient (Wildman–Crippen LogP) is 3.49. The summed E-state index contributed by atoms with van der Waals surface area (Å²) in [5.41, 5.74) is 3.45. The fourth-order valence-corrected chi connectivity index (χ4v) is 2.35. The Morgan fingerprint density at radius 3 is 2.64 bits per heavy atom. The number of hydrogen-bond acceptors (Lipinski definition) is 5. The third kappa shape index (κ3) is 5.11. The highest BCUT2D eigenvalue weighted by Gasteiger charge is 2.11. The Labute approximate surface area is 154 Å². The zero-order valence-corrected chi connectivity index (χ0v) is 14.6. The predicted molar refractivity (Wildman–Crippen MR) is 95.1 cm³/mol. The van der Waals surface area contributed by atoms with Crippen molar-refractivity contribution in [3.05, 3.63) is 57.6 Å². The number of benzene rings is 2. The van der Waals surface area contributed by atoms with E-state index < -0.39 is 5.91 Å². The normalized spacial score (nSPS) is 10.9. The van der Waals surface area contributed by atoms with Gasteiger partial charge in [-0.15, -0.1) is 0 Å². The Morgan fingerprint density at radius 1 is 1.32 bits per heavy atom. The molecule has 0 aliphatic rings. The summed E-state index contributed by atoms with van der Waals surface area (Å²) in [6.45, 7) is 1.33. The molecule has 0 unspecified atom stereocenters. The van der Waals surface area contributed by atoms with Crippen molar-refractivity contribution in [1.29, 1.82) is 5.26 Å². The van der Waals surface area contributed by atoms with Crippen LogP contribution in [-0.2, 0) is 4.79 Å². The second-order valence-electron chi connectivity index (χ2n) is 4.94. The molecule has 1 amide bonds. The number of nitrogens with zero attached hydrogens (tertiary/aromatic N) is 2. The Morgan fingerprint density at radius 2 is 2.00 bits per heavy atom. The summed E-state index contributed by atoms with van der Waals surface area (Å²) < 4.78 is 5.28. The lowest BCUT2D eigenvalue weighted by atomic mass is 10.1. The summed E-state index contributed by atoms with van der Waals surface area (Å²) in [6.07, 6.45) is 0. The molecule has 0 spiro atoms. The molecule has 0 fully saturated rings. The van der Waals surface area contributed by atoms with Gasteiger partial charge >= 0.3 is 0 Å². The first-order chi connectivity index (χ1) is 11.9. The van der Waals surface area contributed by atoms with E-state index in [4.69, 9.17) is 33.2 Å². The fourth-order valence-electron chi connectivity index (χ4n) is 1.86. The molecule has 6 nitrogen and oxygen atoms in total. The van der Waals surface area contributed by atoms with Crippen LogP contribution in [0.15, 0.2) is 41.5 Å². The van der Waals surface area contributed by atoms with Crippen LogP contribution < -0.4 is 10.2 Å². The lowest BCUT2D eigenvalue weighted by Crippen LogP contribution is -2.25. The number of rotatable bonds is 5. The van der Waals surface area contributed by atoms with E-state index in [1.54, 1.807) is 31.2 Å². The van der Waals surface area contributed by atoms with E-state index >= 15 is 0 Å². The van der Waals surface area contributed by atoms with E-state index in [1.165, 1.54) is 12.1 Å². The third-order valence-electron chi connectivity index (χ3n) is 3.12. The third-order valence-corrected chi connectivity index (χ3v) is 3.63. The molecule has 0 aromatic heterocycles. The molecule has 8 heteroatoms. The van der Waals surface area contributed by atoms with Gasteiger partial charge in [-0.2, -0.15) is 10.4 Å². The van der Waals surface area contributed by atoms with Gasteiger partial charge in [-0.1, -0.05) is 23.2 Å². The molecule has 2 aromatic carbocycles. The van der Waals surface area contributed by atoms with Crippen molar-refractivity contribution in [2.75, 3.05) is 6.61 Å². The maximum absolute atomic E-state index is 11.8. The van der Waals surface area contributed by atoms with E-state index in [-0.39, 0.29) is 17.4 Å². The number of nitrogens with one attached hydrogen (secondary N) is 1. The zero-order chi connectivity index (χ0) is 18.4. The number of hydrazone groups is 1. The van der Waals surface area contributed by atoms with Gasteiger partial charge in [0.1, 0.15) is 11.5 Å². The van der Waals surface area contributed by atoms with Crippen LogP contribution in [0, 0.1) is 11.3 Å². The van der Waals surface area contributed by atoms with Crippen molar-refractivity contribution in [3.63, 3.8) is 0 Å². The number of ether oxygens (including phenoxy) is 1. The Balaban J connectivity index is 1.96. The minimum absolute atomic E-state index is 0.0903. The molecular weight excluding hydrogens is 365 g/mol. The molecule has 0 aliphatic heterocycles. The van der Waals surface area contributed by atoms with Crippen molar-refractivity contribution in [3.8, 4) is 17.6 Å². The number of phenols is 1. The highest BCUT2D eigenvalue weighted by Crippen LogP contribution is 2.31. The molecule has 25 heavy (non-hydrogen) atoms. The number of carbonyl (C=O) groups excluding carboxylic acids is 1. The maximum atomic E-state index is 11.8. The van der Waals surface area contributed by atoms with Crippen LogP contribution in [0.3, 0.4) is 0 Å². The molecule has 0 atom stereocenters. The minimum Gasteiger partial charge on any atom is -0.506 e. The zero-order valence-electron chi connectivity index (χ0n) is 13.1. The average molecular weight is 378 g/mol. The molecule has 2 aromatic rings. The van der Waals surface area contributed by atoms with Gasteiger partial charge in [0, 0.05) is 10.6 Å². The molecule has 2 N–H and O–H groups in total. The van der Waals surface area contributed by atoms with Gasteiger partial charge in [-0.05, 0) is 43.3 Å². The Bertz CT molecular complexity index is 859. The molecule has 2 rings (SSSR count). The van der Waals surface area contributed by atoms with E-state index in [9.17, 15) is 9.90 Å². The molecule has 128 valence electrons. The highest BCUT2D eigenvalue weighted by molar-refractivity contribution is 6.36. The molecule has 0 aliphatic carbocycles. The largest absolute Gasteiger partial charge is 0.506 e. The summed E-state index contributed by atoms with van der Waals surface area (Å²) in [5, 5.41) is 23.0. The van der Waals surface area contributed by atoms with Crippen LogP contribution in [0.4, 0.5) is 0 Å². The SMILES string of the molecule is C/C(=N\NC(=O)COc1ccc(C#N)cc1)c1cc(Cl)cc(Cl)c1O. The van der Waals surface area contributed by atoms with Crippen LogP contribution in [0.5, 0.6) is 11.5 Å². The van der Waals surface area contributed by atoms with Crippen LogP contribution in [0.1, 0.15) is 18.1 Å². The topological polar surface area (TPSA) is 94.7 Å². The number of phenolic OH excluding ortho intramolecular Hbond substituents is 1. The number of halogens is 2. The first kappa shape index (κ1) is 18.6. The molecular formula is C17H13Cl2N3O3. The maximum Gasteiger partial charge on any atom is 0.277 e. The van der Waals surface area contributed by atoms with Crippen LogP contribution in [0.25, 0.3) is 0 Å². The fraction of sp³-hybridized carbons (Fsp3) is 0.118. The van der Waals surface area contributed by atoms with E-state index in [0.29, 0.717) is 27.6 Å². The minimum atomic E-state index is -0.490. The van der Waals surface area contributed by atoms with Gasteiger partial charge in [0.05, 0.1) is 22.4 Å². The average Bonchev–Trinajstić information content (AvgIpc) is 2.61. The van der Waals surface area contributed by atoms with Crippen LogP contribution in [-0.4, -0.2) is 23.3 Å². The second-order valence-corrected chi connectivity index (χ2v) is 5.78. The van der Waals surface area contributed by atoms with Gasteiger partial charge in [-0.25, -0.2) is 5.43 Å². The van der Waals surface area contributed by atoms with E-state index in [1.807, 2.05) is 6.07 Å². The van der Waals surface area contributed by atoms with Crippen molar-refractivity contribution in [1.82, 2.24) is 5.43 Å². The summed E-state index contributed by atoms with van der Waals surface area (Å²) in [7, 11) is 0. The number of hydrogen-bond donors (Lipinski definition) is 2. The molecule has 0 heterocycles. The summed E-state index contributed by atoms with van der Waals surface area (Å²) in [4.78, 5) is 11.8. The van der Waals surface area contributed by atoms with Crippen molar-refractivity contribution < 1.29 is 14.6 Å². The summed E-state index contributed by atoms with van der Waals surface area (Å²) in [5.74, 6) is -0.208. The number of carbonyl (C=O) groups is 1. The van der Waals surface area contributed by atoms with Crippen molar-refractivity contribution in [2.24, 2.45) is 5.10 Å². The quantitative estimate of drug-likeness (QED) is 0.615. The number of nitriles is 1. The lowest BCUT2D eigenvalue weighted by molar-refractivity contribution is -0.123. The monoisotopic (exact) mass is 377 g/mol. The van der Waals surface area contributed by atoms with Gasteiger partial charge in [0.2, 0.25) is 0 Å². The van der Waals surface area contributed by atoms with Crippen molar-refractivity contribution in [2.45, 2.75) is 6.92 Å². The van der Waals surface area contributed by atoms with Gasteiger partial charge in [0.25, 0.3) is 5.91 Å². The molecule has 0 saturated carbocycles. The second kappa shape index (κ2) is 8.38. The summed E-state index contributed by atoms with van der Waals surface area (Å²) >= 11 is 11.7. The Kier molecular flexibility index (Phi) is 6.23. The van der Waals surface area contributed by atoms with Crippen LogP contribution >= 0.6 is 23.2 Å². The van der Waals surface area contributed by atoms with Crippen molar-refractivity contribution >= 4 is 34.8 Å². The molecule has 0 saturated heterocycles. The van der Waals surface area contributed by atoms with Crippen LogP contribution in [0.2, 0.25) is 10.0 Å². The first-order valence-corrected chi connectivity index (χ1v) is 7.80. The summed E-state index contributed by atoms with van der Waals surface area (Å²) in [6, 6.07) is 11.2. The van der Waals surface area contributed by atoms with E-state index in [2.05, 4.69) is 10.5 Å². The highest BCUT2D eigenvalue weighted by atomic mass is 35.5. The van der Waals surface area contributed by atoms with Gasteiger partial charge in [0.15, 0.2) is 6.61 Å². The standard InChI is InChI=1S/C17H13Cl2N3O3/c1-10(14-6-12(18)7-15(19)17(14)24)21-22-16(23)9-25-13-4-2-11(8-20)3-5-13/h2-7,24H,9H2,1H3,(H,22,23)/b21-10+. The first-order valence-electron chi connectivity index (χ1n) is 7.05. The lowest BCUT2D eigenvalue weighted by Gasteiger charge is -2.08. The number of amides is 1. The molecule has 0 radical (unpaired) electrons. The number of aromatic hydroxyl groups is 1. The Hall–Kier alpha value is -2.75. The molecule has 0 bridgehead atoms. The van der Waals surface area contributed by atoms with E-state index in [0.717, 1.165) is 0 Å². The van der Waals surface area contributed by atoms with Gasteiger partial charge in [-0.3, -0.25) is 4.79 Å². The van der Waals surface area contributed by atoms with Gasteiger partial charge < -0.3 is 9.84 Å².